The number of hydrogen-bond acceptors (Lipinski definition) is 5. The largest absolute Gasteiger partial charge is 0.486 e. The van der Waals surface area contributed by atoms with E-state index in [4.69, 9.17) is 9.47 Å². The second-order valence-electron chi connectivity index (χ2n) is 3.79. The highest BCUT2D eigenvalue weighted by Gasteiger charge is 2.21. The fourth-order valence-electron chi connectivity index (χ4n) is 1.88. The van der Waals surface area contributed by atoms with Gasteiger partial charge in [-0.05, 0) is 24.9 Å². The number of fused-ring (bicyclic) bond motifs is 1. The second kappa shape index (κ2) is 5.62. The molecule has 2 N–H and O–H groups in total. The third kappa shape index (κ3) is 2.51. The van der Waals surface area contributed by atoms with Gasteiger partial charge in [-0.1, -0.05) is 6.07 Å². The summed E-state index contributed by atoms with van der Waals surface area (Å²) in [6.07, 6.45) is 1.45. The average Bonchev–Trinajstić information content (AvgIpc) is 2.37. The Morgan fingerprint density at radius 2 is 2.18 bits per heavy atom. The monoisotopic (exact) mass is 255 g/mol. The Hall–Kier alpha value is -0.910. The Bertz CT molecular complexity index is 398. The minimum atomic E-state index is -0.529. The highest BCUT2D eigenvalue weighted by atomic mass is 32.2. The van der Waals surface area contributed by atoms with Crippen molar-refractivity contribution in [2.45, 2.75) is 11.0 Å². The van der Waals surface area contributed by atoms with Crippen LogP contribution in [0.4, 0.5) is 0 Å². The lowest BCUT2D eigenvalue weighted by atomic mass is 10.1. The SMILES string of the molecule is CNCC(O)c1ccc2c(c1SC)OCCO2. The molecule has 1 heterocycles. The molecule has 94 valence electrons. The maximum absolute atomic E-state index is 10.1. The third-order valence-corrected chi connectivity index (χ3v) is 3.48. The summed E-state index contributed by atoms with van der Waals surface area (Å²) in [4.78, 5) is 0.963. The van der Waals surface area contributed by atoms with E-state index in [-0.39, 0.29) is 0 Å². The number of ether oxygens (including phenoxy) is 2. The van der Waals surface area contributed by atoms with Gasteiger partial charge in [0.25, 0.3) is 0 Å². The summed E-state index contributed by atoms with van der Waals surface area (Å²) in [5.74, 6) is 1.53. The van der Waals surface area contributed by atoms with Crippen LogP contribution < -0.4 is 14.8 Å². The smallest absolute Gasteiger partial charge is 0.175 e. The Morgan fingerprint density at radius 3 is 2.88 bits per heavy atom. The first-order chi connectivity index (χ1) is 8.27. The topological polar surface area (TPSA) is 50.7 Å². The molecule has 0 aliphatic carbocycles. The van der Waals surface area contributed by atoms with Gasteiger partial charge in [0.1, 0.15) is 13.2 Å². The average molecular weight is 255 g/mol. The molecular formula is C12H17NO3S. The summed E-state index contributed by atoms with van der Waals surface area (Å²) in [5, 5.41) is 13.0. The molecule has 5 heteroatoms. The van der Waals surface area contributed by atoms with Crippen molar-refractivity contribution in [2.75, 3.05) is 33.1 Å². The summed E-state index contributed by atoms with van der Waals surface area (Å²) < 4.78 is 11.2. The summed E-state index contributed by atoms with van der Waals surface area (Å²) in [6, 6.07) is 3.77. The summed E-state index contributed by atoms with van der Waals surface area (Å²) in [5.41, 5.74) is 0.885. The standard InChI is InChI=1S/C12H17NO3S/c1-13-7-9(14)8-3-4-10-11(12(8)17-2)16-6-5-15-10/h3-4,9,13-14H,5-7H2,1-2H3. The molecule has 1 atom stereocenters. The number of nitrogens with one attached hydrogen (secondary N) is 1. The lowest BCUT2D eigenvalue weighted by Crippen LogP contribution is -2.19. The van der Waals surface area contributed by atoms with Gasteiger partial charge in [-0.3, -0.25) is 0 Å². The number of thioether (sulfide) groups is 1. The second-order valence-corrected chi connectivity index (χ2v) is 4.60. The van der Waals surface area contributed by atoms with Crippen molar-refractivity contribution in [3.63, 3.8) is 0 Å². The number of hydrogen-bond donors (Lipinski definition) is 2. The lowest BCUT2D eigenvalue weighted by molar-refractivity contribution is 0.157. The maximum Gasteiger partial charge on any atom is 0.175 e. The Morgan fingerprint density at radius 1 is 1.41 bits per heavy atom. The van der Waals surface area contributed by atoms with E-state index in [9.17, 15) is 5.11 Å². The van der Waals surface area contributed by atoms with E-state index in [2.05, 4.69) is 5.32 Å². The summed E-state index contributed by atoms with van der Waals surface area (Å²) in [6.45, 7) is 1.67. The van der Waals surface area contributed by atoms with E-state index in [0.29, 0.717) is 19.8 Å². The van der Waals surface area contributed by atoms with Crippen LogP contribution in [0, 0.1) is 0 Å². The van der Waals surface area contributed by atoms with Gasteiger partial charge >= 0.3 is 0 Å². The molecule has 1 unspecified atom stereocenters. The van der Waals surface area contributed by atoms with Gasteiger partial charge in [0, 0.05) is 6.54 Å². The molecule has 0 fully saturated rings. The van der Waals surface area contributed by atoms with Crippen LogP contribution in [0.25, 0.3) is 0 Å². The van der Waals surface area contributed by atoms with Crippen LogP contribution in [-0.2, 0) is 0 Å². The molecule has 0 aromatic heterocycles. The van der Waals surface area contributed by atoms with Crippen LogP contribution in [0.5, 0.6) is 11.5 Å². The molecule has 0 bridgehead atoms. The molecule has 1 aliphatic heterocycles. The fourth-order valence-corrected chi connectivity index (χ4v) is 2.67. The van der Waals surface area contributed by atoms with Gasteiger partial charge in [0.05, 0.1) is 11.0 Å². The van der Waals surface area contributed by atoms with Gasteiger partial charge in [0.2, 0.25) is 0 Å². The van der Waals surface area contributed by atoms with Crippen LogP contribution >= 0.6 is 11.8 Å². The minimum absolute atomic E-state index is 0.521. The lowest BCUT2D eigenvalue weighted by Gasteiger charge is -2.23. The van der Waals surface area contributed by atoms with Crippen molar-refractivity contribution < 1.29 is 14.6 Å². The first-order valence-electron chi connectivity index (χ1n) is 5.57. The van der Waals surface area contributed by atoms with E-state index in [1.165, 1.54) is 0 Å². The summed E-state index contributed by atoms with van der Waals surface area (Å²) >= 11 is 1.57. The van der Waals surface area contributed by atoms with Gasteiger partial charge in [-0.15, -0.1) is 11.8 Å². The molecule has 4 nitrogen and oxygen atoms in total. The number of rotatable bonds is 4. The fraction of sp³-hybridized carbons (Fsp3) is 0.500. The van der Waals surface area contributed by atoms with Crippen molar-refractivity contribution >= 4 is 11.8 Å². The van der Waals surface area contributed by atoms with Gasteiger partial charge < -0.3 is 19.9 Å². The van der Waals surface area contributed by atoms with Crippen molar-refractivity contribution in [1.82, 2.24) is 5.32 Å². The molecule has 0 saturated carbocycles. The zero-order valence-corrected chi connectivity index (χ0v) is 10.8. The van der Waals surface area contributed by atoms with E-state index in [0.717, 1.165) is 22.0 Å². The zero-order chi connectivity index (χ0) is 12.3. The molecule has 17 heavy (non-hydrogen) atoms. The van der Waals surface area contributed by atoms with Crippen LogP contribution in [-0.4, -0.2) is 38.2 Å². The van der Waals surface area contributed by atoms with E-state index in [1.54, 1.807) is 11.8 Å². The first-order valence-corrected chi connectivity index (χ1v) is 6.79. The van der Waals surface area contributed by atoms with E-state index in [1.807, 2.05) is 25.4 Å². The third-order valence-electron chi connectivity index (χ3n) is 2.65. The molecule has 0 radical (unpaired) electrons. The van der Waals surface area contributed by atoms with E-state index >= 15 is 0 Å². The van der Waals surface area contributed by atoms with Crippen LogP contribution in [0.1, 0.15) is 11.7 Å². The van der Waals surface area contributed by atoms with Crippen LogP contribution in [0.3, 0.4) is 0 Å². The van der Waals surface area contributed by atoms with Crippen molar-refractivity contribution in [3.05, 3.63) is 17.7 Å². The minimum Gasteiger partial charge on any atom is -0.486 e. The first kappa shape index (κ1) is 12.5. The molecule has 1 aromatic rings. The normalized spacial score (nSPS) is 15.7. The number of aliphatic hydroxyl groups is 1. The zero-order valence-electron chi connectivity index (χ0n) is 10.0. The molecule has 2 rings (SSSR count). The van der Waals surface area contributed by atoms with Crippen molar-refractivity contribution in [1.29, 1.82) is 0 Å². The van der Waals surface area contributed by atoms with Crippen molar-refractivity contribution in [3.8, 4) is 11.5 Å². The molecule has 0 saturated heterocycles. The number of aliphatic hydroxyl groups excluding tert-OH is 1. The number of likely N-dealkylation sites (N-methyl/N-ethyl adjacent to an activating group) is 1. The predicted molar refractivity (Wildman–Crippen MR) is 68.1 cm³/mol. The molecular weight excluding hydrogens is 238 g/mol. The molecule has 1 aromatic carbocycles. The quantitative estimate of drug-likeness (QED) is 0.797. The van der Waals surface area contributed by atoms with E-state index < -0.39 is 6.10 Å². The van der Waals surface area contributed by atoms with Gasteiger partial charge in [-0.2, -0.15) is 0 Å². The Balaban J connectivity index is 2.39. The van der Waals surface area contributed by atoms with Crippen molar-refractivity contribution in [2.24, 2.45) is 0 Å². The van der Waals surface area contributed by atoms with Crippen LogP contribution in [0.2, 0.25) is 0 Å². The molecule has 1 aliphatic rings. The Kier molecular flexibility index (Phi) is 4.15. The molecule has 0 spiro atoms. The highest BCUT2D eigenvalue weighted by Crippen LogP contribution is 2.42. The van der Waals surface area contributed by atoms with Gasteiger partial charge in [0.15, 0.2) is 11.5 Å². The Labute approximate surface area is 105 Å². The molecule has 0 amide bonds. The number of benzene rings is 1. The highest BCUT2D eigenvalue weighted by molar-refractivity contribution is 7.98. The van der Waals surface area contributed by atoms with Gasteiger partial charge in [-0.25, -0.2) is 0 Å². The predicted octanol–water partition coefficient (Wildman–Crippen LogP) is 1.43. The summed E-state index contributed by atoms with van der Waals surface area (Å²) in [7, 11) is 1.82. The maximum atomic E-state index is 10.1. The van der Waals surface area contributed by atoms with Crippen LogP contribution in [0.15, 0.2) is 17.0 Å².